The van der Waals surface area contributed by atoms with Crippen molar-refractivity contribution in [1.29, 1.82) is 0 Å². The molecule has 1 rings (SSSR count). The van der Waals surface area contributed by atoms with Gasteiger partial charge in [0.05, 0.1) is 36.8 Å². The highest BCUT2D eigenvalue weighted by Gasteiger charge is 2.30. The number of aryl methyl sites for hydroxylation is 2. The number of amides is 5. The number of nitrogens with one attached hydrogen (secondary N) is 4. The van der Waals surface area contributed by atoms with E-state index >= 15 is 0 Å². The number of aromatic nitrogens is 2. The van der Waals surface area contributed by atoms with Crippen molar-refractivity contribution in [2.45, 2.75) is 113 Å². The molecule has 14 heteroatoms. The number of aliphatic hydroxyl groups is 1. The van der Waals surface area contributed by atoms with Gasteiger partial charge in [-0.3, -0.25) is 29.3 Å². The Kier molecular flexibility index (Phi) is 16.7. The van der Waals surface area contributed by atoms with E-state index in [1.54, 1.807) is 18.5 Å². The summed E-state index contributed by atoms with van der Waals surface area (Å²) in [6, 6.07) is 0.451. The van der Waals surface area contributed by atoms with Gasteiger partial charge in [0.25, 0.3) is 0 Å². The van der Waals surface area contributed by atoms with Crippen LogP contribution in [0.3, 0.4) is 0 Å². The van der Waals surface area contributed by atoms with Gasteiger partial charge in [0.1, 0.15) is 6.04 Å². The maximum Gasteiger partial charge on any atom is 0.426 e. The zero-order valence-corrected chi connectivity index (χ0v) is 29.2. The first-order valence-electron chi connectivity index (χ1n) is 16.2. The third kappa shape index (κ3) is 14.2. The monoisotopic (exact) mass is 651 g/mol. The first kappa shape index (κ1) is 40.3. The second-order valence-corrected chi connectivity index (χ2v) is 13.5. The van der Waals surface area contributed by atoms with E-state index in [9.17, 15) is 34.2 Å². The zero-order valence-electron chi connectivity index (χ0n) is 29.2. The Balaban J connectivity index is 2.78. The van der Waals surface area contributed by atoms with Crippen LogP contribution in [0.2, 0.25) is 0 Å². The summed E-state index contributed by atoms with van der Waals surface area (Å²) in [6.07, 6.45) is -2.32. The van der Waals surface area contributed by atoms with E-state index in [0.717, 1.165) is 11.4 Å². The molecule has 262 valence electrons. The summed E-state index contributed by atoms with van der Waals surface area (Å²) >= 11 is 0. The van der Waals surface area contributed by atoms with Crippen molar-refractivity contribution in [1.82, 2.24) is 36.2 Å². The van der Waals surface area contributed by atoms with Crippen molar-refractivity contribution in [2.24, 2.45) is 29.6 Å². The minimum Gasteiger partial charge on any atom is -0.464 e. The van der Waals surface area contributed by atoms with Gasteiger partial charge in [-0.25, -0.2) is 9.80 Å². The van der Waals surface area contributed by atoms with E-state index in [0.29, 0.717) is 18.0 Å². The van der Waals surface area contributed by atoms with Crippen molar-refractivity contribution in [3.63, 3.8) is 0 Å². The lowest BCUT2D eigenvalue weighted by Crippen LogP contribution is -2.52. The first-order chi connectivity index (χ1) is 21.3. The van der Waals surface area contributed by atoms with Gasteiger partial charge in [-0.2, -0.15) is 5.10 Å². The summed E-state index contributed by atoms with van der Waals surface area (Å²) in [7, 11) is 0. The molecule has 0 bridgehead atoms. The van der Waals surface area contributed by atoms with E-state index in [-0.39, 0.29) is 55.5 Å². The van der Waals surface area contributed by atoms with Crippen LogP contribution in [0, 0.1) is 43.4 Å². The molecule has 0 aromatic carbocycles. The predicted molar refractivity (Wildman–Crippen MR) is 174 cm³/mol. The fourth-order valence-corrected chi connectivity index (χ4v) is 4.84. The third-order valence-electron chi connectivity index (χ3n) is 7.55. The van der Waals surface area contributed by atoms with Crippen LogP contribution in [0.5, 0.6) is 0 Å². The topological polar surface area (TPSA) is 195 Å². The Morgan fingerprint density at radius 3 is 2.00 bits per heavy atom. The largest absolute Gasteiger partial charge is 0.464 e. The van der Waals surface area contributed by atoms with Crippen LogP contribution in [-0.2, 0) is 25.7 Å². The molecule has 0 spiro atoms. The van der Waals surface area contributed by atoms with Crippen molar-refractivity contribution < 1.29 is 34.2 Å². The minimum atomic E-state index is -1.42. The molecule has 1 heterocycles. The molecule has 5 amide bonds. The number of hydrogen-bond acceptors (Lipinski definition) is 7. The Morgan fingerprint density at radius 2 is 1.50 bits per heavy atom. The number of carboxylic acid groups (broad SMARTS) is 1. The van der Waals surface area contributed by atoms with Gasteiger partial charge >= 0.3 is 6.09 Å². The summed E-state index contributed by atoms with van der Waals surface area (Å²) in [4.78, 5) is 63.1. The molecule has 0 aliphatic rings. The normalized spacial score (nSPS) is 14.7. The van der Waals surface area contributed by atoms with Crippen LogP contribution in [0.1, 0.15) is 86.0 Å². The van der Waals surface area contributed by atoms with Gasteiger partial charge in [0.2, 0.25) is 23.6 Å². The van der Waals surface area contributed by atoms with Crippen LogP contribution in [-0.4, -0.2) is 86.0 Å². The van der Waals surface area contributed by atoms with Gasteiger partial charge in [0, 0.05) is 24.6 Å². The molecule has 46 heavy (non-hydrogen) atoms. The second kappa shape index (κ2) is 19.1. The van der Waals surface area contributed by atoms with Gasteiger partial charge in [-0.05, 0) is 50.5 Å². The van der Waals surface area contributed by atoms with Gasteiger partial charge in [-0.1, -0.05) is 55.4 Å². The standard InChI is InChI=1S/C32H57N7O7/c1-18(2)13-25(26(40)14-21(7)29(42)35-28(20(5)6)31(44)33-16-19(3)4)34-27(41)11-12-38(32(45)46)37-30(43)22(8)17-39-24(10)15-23(9)36-39/h15,18-22,25-26,28,40H,11-14,16-17H2,1-10H3,(H,33,44)(H,34,41)(H,35,42)(H,37,43)(H,45,46)/t21-,22?,25+,26+,28?/m1/s1. The smallest absolute Gasteiger partial charge is 0.426 e. The molecule has 0 saturated carbocycles. The average Bonchev–Trinajstić information content (AvgIpc) is 3.26. The number of carbonyl (C=O) groups excluding carboxylic acids is 4. The first-order valence-corrected chi connectivity index (χ1v) is 16.2. The van der Waals surface area contributed by atoms with Gasteiger partial charge < -0.3 is 26.2 Å². The maximum absolute atomic E-state index is 13.0. The molecule has 2 unspecified atom stereocenters. The highest BCUT2D eigenvalue weighted by Crippen LogP contribution is 2.17. The fourth-order valence-electron chi connectivity index (χ4n) is 4.84. The lowest BCUT2D eigenvalue weighted by molar-refractivity contribution is -0.132. The van der Waals surface area contributed by atoms with Crippen LogP contribution in [0.25, 0.3) is 0 Å². The summed E-state index contributed by atoms with van der Waals surface area (Å²) in [6.45, 7) is 19.0. The summed E-state index contributed by atoms with van der Waals surface area (Å²) < 4.78 is 1.68. The number of carbonyl (C=O) groups is 5. The lowest BCUT2D eigenvalue weighted by atomic mass is 9.92. The summed E-state index contributed by atoms with van der Waals surface area (Å²) in [5.41, 5.74) is 4.05. The fraction of sp³-hybridized carbons (Fsp3) is 0.750. The van der Waals surface area contributed by atoms with E-state index in [1.165, 1.54) is 0 Å². The number of hydrazine groups is 1. The van der Waals surface area contributed by atoms with E-state index < -0.39 is 47.9 Å². The predicted octanol–water partition coefficient (Wildman–Crippen LogP) is 2.37. The van der Waals surface area contributed by atoms with Gasteiger partial charge in [-0.15, -0.1) is 0 Å². The van der Waals surface area contributed by atoms with E-state index in [2.05, 4.69) is 26.5 Å². The summed E-state index contributed by atoms with van der Waals surface area (Å²) in [5, 5.41) is 34.1. The molecular weight excluding hydrogens is 594 g/mol. The molecule has 0 fully saturated rings. The molecule has 0 aliphatic heterocycles. The lowest BCUT2D eigenvalue weighted by Gasteiger charge is -2.29. The van der Waals surface area contributed by atoms with E-state index in [1.807, 2.05) is 61.5 Å². The molecular formula is C32H57N7O7. The molecule has 1 aromatic heterocycles. The second-order valence-electron chi connectivity index (χ2n) is 13.5. The molecule has 0 saturated heterocycles. The Hall–Kier alpha value is -3.68. The highest BCUT2D eigenvalue weighted by molar-refractivity contribution is 5.88. The maximum atomic E-state index is 13.0. The van der Waals surface area contributed by atoms with Crippen molar-refractivity contribution in [2.75, 3.05) is 13.1 Å². The van der Waals surface area contributed by atoms with Gasteiger partial charge in [0.15, 0.2) is 0 Å². The molecule has 6 N–H and O–H groups in total. The number of nitrogens with zero attached hydrogens (tertiary/aromatic N) is 3. The van der Waals surface area contributed by atoms with Crippen molar-refractivity contribution in [3.8, 4) is 0 Å². The van der Waals surface area contributed by atoms with Crippen molar-refractivity contribution >= 4 is 29.7 Å². The van der Waals surface area contributed by atoms with Crippen LogP contribution in [0.4, 0.5) is 4.79 Å². The quantitative estimate of drug-likeness (QED) is 0.130. The van der Waals surface area contributed by atoms with Crippen LogP contribution in [0.15, 0.2) is 6.07 Å². The average molecular weight is 652 g/mol. The highest BCUT2D eigenvalue weighted by atomic mass is 16.4. The summed E-state index contributed by atoms with van der Waals surface area (Å²) in [5.74, 6) is -2.74. The molecule has 0 aliphatic carbocycles. The van der Waals surface area contributed by atoms with E-state index in [4.69, 9.17) is 0 Å². The molecule has 14 nitrogen and oxygen atoms in total. The minimum absolute atomic E-state index is 0.0341. The third-order valence-corrected chi connectivity index (χ3v) is 7.55. The molecule has 1 aromatic rings. The SMILES string of the molecule is Cc1cc(C)n(CC(C)C(=O)NN(CCC(=O)N[C@@H](CC(C)C)[C@@H](O)C[C@@H](C)C(=O)NC(C(=O)NCC(C)C)C(C)C)C(=O)O)n1. The number of aliphatic hydroxyl groups excluding tert-OH is 1. The van der Waals surface area contributed by atoms with Crippen LogP contribution < -0.4 is 21.4 Å². The van der Waals surface area contributed by atoms with Crippen LogP contribution >= 0.6 is 0 Å². The number of hydrogen-bond donors (Lipinski definition) is 6. The Morgan fingerprint density at radius 1 is 0.870 bits per heavy atom. The molecule has 0 radical (unpaired) electrons. The number of rotatable bonds is 18. The molecule has 5 atom stereocenters. The van der Waals surface area contributed by atoms with Crippen molar-refractivity contribution in [3.05, 3.63) is 17.5 Å². The zero-order chi connectivity index (χ0) is 35.3. The Labute approximate surface area is 273 Å². The Bertz CT molecular complexity index is 1170.